The summed E-state index contributed by atoms with van der Waals surface area (Å²) in [5, 5.41) is 80.5. The lowest BCUT2D eigenvalue weighted by atomic mass is 9.89. The zero-order valence-corrected chi connectivity index (χ0v) is 24.0. The van der Waals surface area contributed by atoms with E-state index in [2.05, 4.69) is 0 Å². The van der Waals surface area contributed by atoms with Crippen LogP contribution in [0.25, 0.3) is 0 Å². The zero-order chi connectivity index (χ0) is 31.7. The summed E-state index contributed by atoms with van der Waals surface area (Å²) in [6, 6.07) is 8.39. The molecule has 0 radical (unpaired) electrons. The van der Waals surface area contributed by atoms with E-state index < -0.39 is 74.6 Å². The Balaban J connectivity index is 1.37. The summed E-state index contributed by atoms with van der Waals surface area (Å²) in [6.45, 7) is -1.04. The van der Waals surface area contributed by atoms with Crippen molar-refractivity contribution in [1.82, 2.24) is 0 Å². The van der Waals surface area contributed by atoms with Crippen molar-refractivity contribution in [1.29, 1.82) is 0 Å². The van der Waals surface area contributed by atoms with E-state index in [0.29, 0.717) is 23.5 Å². The van der Waals surface area contributed by atoms with Gasteiger partial charge in [0.25, 0.3) is 0 Å². The molecule has 3 heterocycles. The van der Waals surface area contributed by atoms with Gasteiger partial charge < -0.3 is 74.0 Å². The molecule has 0 aromatic heterocycles. The Morgan fingerprint density at radius 2 is 1.32 bits per heavy atom. The molecule has 2 aromatic carbocycles. The minimum atomic E-state index is -1.65. The van der Waals surface area contributed by atoms with Gasteiger partial charge in [-0.05, 0) is 24.1 Å². The molecule has 0 saturated carbocycles. The number of benzene rings is 2. The third-order valence-electron chi connectivity index (χ3n) is 8.10. The zero-order valence-electron chi connectivity index (χ0n) is 24.0. The number of hydrogen-bond donors (Lipinski definition) is 8. The average Bonchev–Trinajstić information content (AvgIpc) is 3.04. The van der Waals surface area contributed by atoms with Gasteiger partial charge in [-0.15, -0.1) is 0 Å². The predicted octanol–water partition coefficient (Wildman–Crippen LogP) is -2.22. The second-order valence-corrected chi connectivity index (χ2v) is 10.8. The van der Waals surface area contributed by atoms with E-state index in [0.717, 1.165) is 5.56 Å². The van der Waals surface area contributed by atoms with E-state index in [1.54, 1.807) is 30.3 Å². The molecule has 44 heavy (non-hydrogen) atoms. The van der Waals surface area contributed by atoms with Crippen LogP contribution in [0.1, 0.15) is 17.0 Å². The molecule has 11 unspecified atom stereocenters. The van der Waals surface area contributed by atoms with Gasteiger partial charge in [-0.2, -0.15) is 0 Å². The normalized spacial score (nSPS) is 35.3. The number of fused-ring (bicyclic) bond motifs is 1. The molecular weight excluding hydrogens is 588 g/mol. The quantitative estimate of drug-likeness (QED) is 0.148. The van der Waals surface area contributed by atoms with Gasteiger partial charge >= 0.3 is 0 Å². The molecule has 244 valence electrons. The van der Waals surface area contributed by atoms with Crippen molar-refractivity contribution in [2.24, 2.45) is 0 Å². The Labute approximate surface area is 252 Å². The molecule has 5 rings (SSSR count). The summed E-state index contributed by atoms with van der Waals surface area (Å²) in [7, 11) is 2.85. The lowest BCUT2D eigenvalue weighted by Crippen LogP contribution is -2.60. The first kappa shape index (κ1) is 32.4. The number of hydrogen-bond acceptors (Lipinski definition) is 15. The maximum Gasteiger partial charge on any atom is 0.229 e. The minimum absolute atomic E-state index is 0.149. The Hall–Kier alpha value is -2.96. The Morgan fingerprint density at radius 3 is 1.89 bits per heavy atom. The number of methoxy groups -OCH3 is 2. The first-order valence-electron chi connectivity index (χ1n) is 14.1. The number of ether oxygens (including phenoxy) is 7. The summed E-state index contributed by atoms with van der Waals surface area (Å²) in [4.78, 5) is 0. The van der Waals surface area contributed by atoms with Crippen molar-refractivity contribution in [3.05, 3.63) is 41.5 Å². The second-order valence-electron chi connectivity index (χ2n) is 10.8. The van der Waals surface area contributed by atoms with Crippen LogP contribution in [0.4, 0.5) is 0 Å². The molecule has 2 fully saturated rings. The molecule has 0 bridgehead atoms. The summed E-state index contributed by atoms with van der Waals surface area (Å²) in [6.07, 6.45) is -14.2. The van der Waals surface area contributed by atoms with Crippen molar-refractivity contribution < 1.29 is 74.0 Å². The second kappa shape index (κ2) is 13.6. The van der Waals surface area contributed by atoms with Gasteiger partial charge in [0.15, 0.2) is 11.5 Å². The maximum absolute atomic E-state index is 10.6. The molecule has 3 aliphatic heterocycles. The van der Waals surface area contributed by atoms with Gasteiger partial charge in [0.2, 0.25) is 18.3 Å². The number of aliphatic hydroxyl groups excluding tert-OH is 8. The molecule has 2 saturated heterocycles. The smallest absolute Gasteiger partial charge is 0.229 e. The van der Waals surface area contributed by atoms with E-state index in [9.17, 15) is 40.9 Å². The van der Waals surface area contributed by atoms with Crippen LogP contribution in [0.15, 0.2) is 30.3 Å². The van der Waals surface area contributed by atoms with Crippen LogP contribution < -0.4 is 23.7 Å². The minimum Gasteiger partial charge on any atom is -0.493 e. The summed E-state index contributed by atoms with van der Waals surface area (Å²) >= 11 is 0. The molecule has 15 nitrogen and oxygen atoms in total. The third kappa shape index (κ3) is 6.12. The maximum atomic E-state index is 10.6. The van der Waals surface area contributed by atoms with Crippen LogP contribution >= 0.6 is 0 Å². The SMILES string of the molecule is COc1ccc(C2COc3cc(OC4OC(CO)C(O)C(O)C4O)ccc3C2)c(OC2OC(CO)C(O)C(O)C2O)c1OC. The van der Waals surface area contributed by atoms with Gasteiger partial charge in [0.1, 0.15) is 60.3 Å². The fraction of sp³-hybridized carbons (Fsp3) is 0.586. The van der Waals surface area contributed by atoms with Crippen LogP contribution in [-0.4, -0.2) is 136 Å². The van der Waals surface area contributed by atoms with Crippen molar-refractivity contribution in [2.45, 2.75) is 73.8 Å². The van der Waals surface area contributed by atoms with Crippen LogP contribution in [0.2, 0.25) is 0 Å². The summed E-state index contributed by atoms with van der Waals surface area (Å²) in [5.41, 5.74) is 1.39. The molecule has 11 atom stereocenters. The van der Waals surface area contributed by atoms with Crippen molar-refractivity contribution in [3.8, 4) is 28.7 Å². The predicted molar refractivity (Wildman–Crippen MR) is 147 cm³/mol. The van der Waals surface area contributed by atoms with Crippen LogP contribution in [0.3, 0.4) is 0 Å². The highest BCUT2D eigenvalue weighted by atomic mass is 16.7. The fourth-order valence-corrected chi connectivity index (χ4v) is 5.56. The third-order valence-corrected chi connectivity index (χ3v) is 8.10. The Morgan fingerprint density at radius 1 is 0.705 bits per heavy atom. The van der Waals surface area contributed by atoms with Crippen molar-refractivity contribution >= 4 is 0 Å². The molecule has 0 amide bonds. The lowest BCUT2D eigenvalue weighted by Gasteiger charge is -2.40. The molecule has 2 aromatic rings. The van der Waals surface area contributed by atoms with Crippen LogP contribution in [-0.2, 0) is 15.9 Å². The van der Waals surface area contributed by atoms with E-state index >= 15 is 0 Å². The van der Waals surface area contributed by atoms with Gasteiger partial charge in [-0.25, -0.2) is 0 Å². The molecule has 0 spiro atoms. The van der Waals surface area contributed by atoms with Crippen molar-refractivity contribution in [2.75, 3.05) is 34.0 Å². The van der Waals surface area contributed by atoms with E-state index in [1.165, 1.54) is 14.2 Å². The highest BCUT2D eigenvalue weighted by Crippen LogP contribution is 2.46. The first-order valence-corrected chi connectivity index (χ1v) is 14.1. The van der Waals surface area contributed by atoms with Gasteiger partial charge in [0, 0.05) is 17.5 Å². The molecule has 15 heteroatoms. The van der Waals surface area contributed by atoms with Gasteiger partial charge in [0.05, 0.1) is 34.0 Å². The topological polar surface area (TPSA) is 226 Å². The highest BCUT2D eigenvalue weighted by molar-refractivity contribution is 5.58. The van der Waals surface area contributed by atoms with E-state index in [-0.39, 0.29) is 29.8 Å². The number of rotatable bonds is 9. The lowest BCUT2D eigenvalue weighted by molar-refractivity contribution is -0.277. The van der Waals surface area contributed by atoms with Crippen molar-refractivity contribution in [3.63, 3.8) is 0 Å². The van der Waals surface area contributed by atoms with Crippen LogP contribution in [0.5, 0.6) is 28.7 Å². The number of aliphatic hydroxyl groups is 8. The average molecular weight is 627 g/mol. The molecule has 0 aliphatic carbocycles. The van der Waals surface area contributed by atoms with Gasteiger partial charge in [-0.3, -0.25) is 0 Å². The van der Waals surface area contributed by atoms with Gasteiger partial charge in [-0.1, -0.05) is 12.1 Å². The monoisotopic (exact) mass is 626 g/mol. The molecule has 8 N–H and O–H groups in total. The van der Waals surface area contributed by atoms with E-state index in [4.69, 9.17) is 33.2 Å². The first-order chi connectivity index (χ1) is 21.1. The Kier molecular flexibility index (Phi) is 10.0. The summed E-state index contributed by atoms with van der Waals surface area (Å²) < 4.78 is 39.9. The van der Waals surface area contributed by atoms with E-state index in [1.807, 2.05) is 0 Å². The van der Waals surface area contributed by atoms with Crippen LogP contribution in [0, 0.1) is 0 Å². The Bertz CT molecular complexity index is 1270. The summed E-state index contributed by atoms with van der Waals surface area (Å²) in [5.74, 6) is 1.10. The largest absolute Gasteiger partial charge is 0.493 e. The molecule has 3 aliphatic rings. The fourth-order valence-electron chi connectivity index (χ4n) is 5.56. The standard InChI is InChI=1S/C29H38O15/c1-38-16-6-5-15(26(27(16)39-2)44-29-25(37)23(35)21(33)19(10-31)43-29)13-7-12-3-4-14(8-17(12)40-11-13)41-28-24(36)22(34)20(32)18(9-30)42-28/h3-6,8,13,18-25,28-37H,7,9-11H2,1-2H3. The highest BCUT2D eigenvalue weighted by Gasteiger charge is 2.46. The molecular formula is C29H38O15.